The van der Waals surface area contributed by atoms with E-state index in [-0.39, 0.29) is 16.5 Å². The second-order valence-electron chi connectivity index (χ2n) is 4.37. The van der Waals surface area contributed by atoms with E-state index >= 15 is 0 Å². The molecule has 0 radical (unpaired) electrons. The number of sulfonamides is 1. The van der Waals surface area contributed by atoms with Crippen molar-refractivity contribution in [1.29, 1.82) is 0 Å². The highest BCUT2D eigenvalue weighted by Gasteiger charge is 2.18. The Labute approximate surface area is 122 Å². The summed E-state index contributed by atoms with van der Waals surface area (Å²) in [6.45, 7) is 3.88. The van der Waals surface area contributed by atoms with E-state index in [1.165, 1.54) is 18.2 Å². The number of halogens is 1. The van der Waals surface area contributed by atoms with Gasteiger partial charge in [0.05, 0.1) is 11.5 Å². The summed E-state index contributed by atoms with van der Waals surface area (Å²) >= 11 is 0. The van der Waals surface area contributed by atoms with Crippen LogP contribution in [0.2, 0.25) is 0 Å². The lowest BCUT2D eigenvalue weighted by Crippen LogP contribution is -2.13. The molecule has 0 atom stereocenters. The fraction of sp³-hybridized carbons (Fsp3) is 0.308. The molecule has 0 aliphatic carbocycles. The zero-order chi connectivity index (χ0) is 15.5. The predicted molar refractivity (Wildman–Crippen MR) is 74.2 cm³/mol. The Morgan fingerprint density at radius 2 is 2.14 bits per heavy atom. The van der Waals surface area contributed by atoms with E-state index in [0.29, 0.717) is 12.4 Å². The smallest absolute Gasteiger partial charge is 0.263 e. The molecule has 114 valence electrons. The first kappa shape index (κ1) is 15.3. The highest BCUT2D eigenvalue weighted by molar-refractivity contribution is 7.92. The summed E-state index contributed by atoms with van der Waals surface area (Å²) in [5, 5.41) is 3.52. The van der Waals surface area contributed by atoms with Gasteiger partial charge in [-0.3, -0.25) is 4.72 Å². The lowest BCUT2D eigenvalue weighted by atomic mass is 10.3. The average Bonchev–Trinajstić information content (AvgIpc) is 2.82. The largest absolute Gasteiger partial charge is 0.491 e. The van der Waals surface area contributed by atoms with Gasteiger partial charge in [0.2, 0.25) is 0 Å². The van der Waals surface area contributed by atoms with Crippen LogP contribution in [0.15, 0.2) is 33.7 Å². The molecule has 0 unspecified atom stereocenters. The maximum atomic E-state index is 13.8. The number of rotatable bonds is 6. The van der Waals surface area contributed by atoms with Crippen LogP contribution >= 0.6 is 0 Å². The van der Waals surface area contributed by atoms with Gasteiger partial charge in [0.15, 0.2) is 17.4 Å². The first-order chi connectivity index (χ1) is 9.92. The van der Waals surface area contributed by atoms with Crippen LogP contribution in [0.5, 0.6) is 5.75 Å². The van der Waals surface area contributed by atoms with Gasteiger partial charge in [0.1, 0.15) is 5.76 Å². The molecule has 0 aliphatic rings. The van der Waals surface area contributed by atoms with Gasteiger partial charge in [0, 0.05) is 6.07 Å². The molecule has 1 N–H and O–H groups in total. The van der Waals surface area contributed by atoms with Crippen LogP contribution in [0.3, 0.4) is 0 Å². The minimum Gasteiger partial charge on any atom is -0.491 e. The molecule has 1 heterocycles. The van der Waals surface area contributed by atoms with Gasteiger partial charge in [-0.1, -0.05) is 12.1 Å². The molecule has 0 saturated heterocycles. The van der Waals surface area contributed by atoms with Gasteiger partial charge >= 0.3 is 0 Å². The Hall–Kier alpha value is -2.09. The summed E-state index contributed by atoms with van der Waals surface area (Å²) in [4.78, 5) is -0.218. The van der Waals surface area contributed by atoms with Crippen molar-refractivity contribution in [2.75, 3.05) is 11.3 Å². The van der Waals surface area contributed by atoms with Crippen LogP contribution in [0.1, 0.15) is 19.1 Å². The molecule has 2 rings (SSSR count). The minimum atomic E-state index is -3.93. The third-order valence-electron chi connectivity index (χ3n) is 2.54. The van der Waals surface area contributed by atoms with Crippen LogP contribution in [0.4, 0.5) is 10.2 Å². The van der Waals surface area contributed by atoms with Crippen molar-refractivity contribution in [3.05, 3.63) is 35.8 Å². The molecule has 8 heteroatoms. The van der Waals surface area contributed by atoms with Crippen molar-refractivity contribution in [2.24, 2.45) is 0 Å². The lowest BCUT2D eigenvalue weighted by Gasteiger charge is -2.08. The Bertz CT molecular complexity index is 728. The van der Waals surface area contributed by atoms with Gasteiger partial charge in [-0.15, -0.1) is 0 Å². The van der Waals surface area contributed by atoms with E-state index in [1.807, 2.05) is 6.92 Å². The number of hydrogen-bond acceptors (Lipinski definition) is 5. The van der Waals surface area contributed by atoms with E-state index in [4.69, 9.17) is 9.26 Å². The number of aryl methyl sites for hydroxylation is 1. The number of aromatic nitrogens is 1. The number of nitrogens with zero attached hydrogens (tertiary/aromatic N) is 1. The fourth-order valence-electron chi connectivity index (χ4n) is 1.59. The molecule has 0 saturated carbocycles. The quantitative estimate of drug-likeness (QED) is 0.886. The van der Waals surface area contributed by atoms with Crippen LogP contribution in [0, 0.1) is 12.7 Å². The molecule has 0 spiro atoms. The maximum absolute atomic E-state index is 13.8. The monoisotopic (exact) mass is 314 g/mol. The van der Waals surface area contributed by atoms with Crippen molar-refractivity contribution in [2.45, 2.75) is 25.2 Å². The van der Waals surface area contributed by atoms with Gasteiger partial charge in [-0.05, 0) is 31.5 Å². The highest BCUT2D eigenvalue weighted by atomic mass is 32.2. The lowest BCUT2D eigenvalue weighted by molar-refractivity contribution is 0.301. The van der Waals surface area contributed by atoms with Gasteiger partial charge in [-0.2, -0.15) is 0 Å². The van der Waals surface area contributed by atoms with Crippen molar-refractivity contribution in [3.63, 3.8) is 0 Å². The van der Waals surface area contributed by atoms with Gasteiger partial charge < -0.3 is 9.26 Å². The summed E-state index contributed by atoms with van der Waals surface area (Å²) in [5.41, 5.74) is 0. The molecule has 0 bridgehead atoms. The molecular weight excluding hydrogens is 299 g/mol. The number of hydrogen-bond donors (Lipinski definition) is 1. The summed E-state index contributed by atoms with van der Waals surface area (Å²) in [6.07, 6.45) is 0.729. The van der Waals surface area contributed by atoms with Crippen molar-refractivity contribution in [1.82, 2.24) is 5.16 Å². The van der Waals surface area contributed by atoms with Gasteiger partial charge in [-0.25, -0.2) is 12.8 Å². The zero-order valence-electron chi connectivity index (χ0n) is 11.6. The molecule has 0 fully saturated rings. The third kappa shape index (κ3) is 3.72. The summed E-state index contributed by atoms with van der Waals surface area (Å²) in [7, 11) is -3.93. The number of benzene rings is 1. The van der Waals surface area contributed by atoms with Gasteiger partial charge in [0.25, 0.3) is 10.0 Å². The minimum absolute atomic E-state index is 0.0214. The van der Waals surface area contributed by atoms with E-state index < -0.39 is 15.8 Å². The molecular formula is C13H15FN2O4S. The van der Waals surface area contributed by atoms with Crippen molar-refractivity contribution >= 4 is 15.8 Å². The number of nitrogens with one attached hydrogen (secondary N) is 1. The van der Waals surface area contributed by atoms with E-state index in [2.05, 4.69) is 9.88 Å². The molecule has 21 heavy (non-hydrogen) atoms. The Kier molecular flexibility index (Phi) is 4.46. The Balaban J connectivity index is 2.22. The molecule has 0 aliphatic heterocycles. The summed E-state index contributed by atoms with van der Waals surface area (Å²) < 4.78 is 50.1. The van der Waals surface area contributed by atoms with Crippen LogP contribution in [-0.4, -0.2) is 20.2 Å². The third-order valence-corrected chi connectivity index (χ3v) is 3.89. The van der Waals surface area contributed by atoms with E-state index in [0.717, 1.165) is 12.5 Å². The van der Waals surface area contributed by atoms with Crippen molar-refractivity contribution in [3.8, 4) is 5.75 Å². The number of ether oxygens (including phenoxy) is 1. The topological polar surface area (TPSA) is 81.4 Å². The molecule has 6 nitrogen and oxygen atoms in total. The zero-order valence-corrected chi connectivity index (χ0v) is 12.4. The Morgan fingerprint density at radius 3 is 2.71 bits per heavy atom. The molecule has 1 aromatic heterocycles. The second kappa shape index (κ2) is 6.13. The number of anilines is 1. The van der Waals surface area contributed by atoms with E-state index in [9.17, 15) is 12.8 Å². The summed E-state index contributed by atoms with van der Waals surface area (Å²) in [5.74, 6) is -0.211. The maximum Gasteiger partial charge on any atom is 0.263 e. The standard InChI is InChI=1S/C13H15FN2O4S/c1-3-6-19-12-5-4-10(8-11(12)14)21(17,18)16-13-7-9(2)20-15-13/h4-5,7-8H,3,6H2,1-2H3,(H,15,16). The summed E-state index contributed by atoms with van der Waals surface area (Å²) in [6, 6.07) is 4.88. The highest BCUT2D eigenvalue weighted by Crippen LogP contribution is 2.23. The SMILES string of the molecule is CCCOc1ccc(S(=O)(=O)Nc2cc(C)on2)cc1F. The Morgan fingerprint density at radius 1 is 1.38 bits per heavy atom. The molecule has 0 amide bonds. The van der Waals surface area contributed by atoms with Crippen LogP contribution < -0.4 is 9.46 Å². The van der Waals surface area contributed by atoms with Crippen LogP contribution in [-0.2, 0) is 10.0 Å². The first-order valence-corrected chi connectivity index (χ1v) is 7.79. The first-order valence-electron chi connectivity index (χ1n) is 6.31. The normalized spacial score (nSPS) is 11.4. The van der Waals surface area contributed by atoms with E-state index in [1.54, 1.807) is 6.92 Å². The average molecular weight is 314 g/mol. The predicted octanol–water partition coefficient (Wildman–Crippen LogP) is 2.71. The second-order valence-corrected chi connectivity index (χ2v) is 6.05. The fourth-order valence-corrected chi connectivity index (χ4v) is 2.58. The molecule has 1 aromatic carbocycles. The molecule has 2 aromatic rings. The van der Waals surface area contributed by atoms with Crippen molar-refractivity contribution < 1.29 is 22.1 Å². The van der Waals surface area contributed by atoms with Crippen LogP contribution in [0.25, 0.3) is 0 Å².